The largest absolute Gasteiger partial charge is 1.00 e. The van der Waals surface area contributed by atoms with E-state index in [0.29, 0.717) is 0 Å². The van der Waals surface area contributed by atoms with E-state index in [4.69, 9.17) is 0 Å². The number of fused-ring (bicyclic) bond motifs is 1. The number of aryl methyl sites for hydroxylation is 1. The highest BCUT2D eigenvalue weighted by atomic mass is 35.5. The van der Waals surface area contributed by atoms with E-state index in [1.807, 2.05) is 12.4 Å². The number of hydrogen-bond donors (Lipinski definition) is 1. The SMILES string of the molecule is Cc1ccc2[nH]c[n+](-c3ccccc3)c2c1.[Cl-]. The lowest BCUT2D eigenvalue weighted by molar-refractivity contribution is -0.567. The molecule has 0 spiro atoms. The lowest BCUT2D eigenvalue weighted by Gasteiger charge is -1.96. The van der Waals surface area contributed by atoms with Gasteiger partial charge in [-0.05, 0) is 36.8 Å². The molecule has 2 nitrogen and oxygen atoms in total. The smallest absolute Gasteiger partial charge is 0.247 e. The van der Waals surface area contributed by atoms with Crippen LogP contribution in [0.15, 0.2) is 54.9 Å². The summed E-state index contributed by atoms with van der Waals surface area (Å²) in [5, 5.41) is 0. The highest BCUT2D eigenvalue weighted by molar-refractivity contribution is 5.72. The van der Waals surface area contributed by atoms with E-state index in [9.17, 15) is 0 Å². The molecule has 0 unspecified atom stereocenters. The molecule has 1 heterocycles. The summed E-state index contributed by atoms with van der Waals surface area (Å²) in [6.07, 6.45) is 2.00. The third kappa shape index (κ3) is 2.04. The number of rotatable bonds is 1. The number of aromatic amines is 1. The van der Waals surface area contributed by atoms with Crippen molar-refractivity contribution in [3.63, 3.8) is 0 Å². The molecule has 0 atom stereocenters. The second-order valence-electron chi connectivity index (χ2n) is 4.00. The highest BCUT2D eigenvalue weighted by Gasteiger charge is 2.10. The van der Waals surface area contributed by atoms with Crippen molar-refractivity contribution in [1.29, 1.82) is 0 Å². The van der Waals surface area contributed by atoms with Gasteiger partial charge in [-0.15, -0.1) is 0 Å². The van der Waals surface area contributed by atoms with Crippen LogP contribution < -0.4 is 17.0 Å². The number of H-pyrrole nitrogens is 1. The van der Waals surface area contributed by atoms with Crippen LogP contribution in [0, 0.1) is 6.92 Å². The molecule has 0 aliphatic heterocycles. The molecule has 0 saturated heterocycles. The van der Waals surface area contributed by atoms with E-state index in [-0.39, 0.29) is 12.4 Å². The molecular weight excluding hydrogens is 232 g/mol. The summed E-state index contributed by atoms with van der Waals surface area (Å²) in [4.78, 5) is 3.28. The van der Waals surface area contributed by atoms with Crippen molar-refractivity contribution in [3.05, 3.63) is 60.4 Å². The second-order valence-corrected chi connectivity index (χ2v) is 4.00. The van der Waals surface area contributed by atoms with Gasteiger partial charge < -0.3 is 12.4 Å². The van der Waals surface area contributed by atoms with Crippen molar-refractivity contribution in [1.82, 2.24) is 4.98 Å². The summed E-state index contributed by atoms with van der Waals surface area (Å²) >= 11 is 0. The normalized spacial score (nSPS) is 10.2. The quantitative estimate of drug-likeness (QED) is 0.570. The first-order chi connectivity index (χ1) is 7.84. The first kappa shape index (κ1) is 11.7. The Morgan fingerprint density at radius 2 is 1.76 bits per heavy atom. The van der Waals surface area contributed by atoms with Gasteiger partial charge in [0.15, 0.2) is 11.0 Å². The molecule has 1 aromatic heterocycles. The fraction of sp³-hybridized carbons (Fsp3) is 0.0714. The van der Waals surface area contributed by atoms with Gasteiger partial charge in [-0.1, -0.05) is 24.3 Å². The Morgan fingerprint density at radius 3 is 2.53 bits per heavy atom. The van der Waals surface area contributed by atoms with Crippen LogP contribution in [0.2, 0.25) is 0 Å². The fourth-order valence-corrected chi connectivity index (χ4v) is 1.97. The standard InChI is InChI=1S/C14H12N2.ClH/c1-11-7-8-13-14(9-11)16(10-15-13)12-5-3-2-4-6-12;/h2-10H,1H3;1H. The number of benzene rings is 2. The zero-order chi connectivity index (χ0) is 11.0. The van der Waals surface area contributed by atoms with Crippen molar-refractivity contribution in [3.8, 4) is 5.69 Å². The number of nitrogens with one attached hydrogen (secondary N) is 1. The lowest BCUT2D eigenvalue weighted by Crippen LogP contribution is -3.00. The average molecular weight is 245 g/mol. The van der Waals surface area contributed by atoms with Crippen molar-refractivity contribution in [2.75, 3.05) is 0 Å². The molecule has 0 saturated carbocycles. The van der Waals surface area contributed by atoms with Crippen LogP contribution >= 0.6 is 0 Å². The van der Waals surface area contributed by atoms with Gasteiger partial charge in [-0.3, -0.25) is 0 Å². The third-order valence-electron chi connectivity index (χ3n) is 2.80. The van der Waals surface area contributed by atoms with Gasteiger partial charge in [-0.2, -0.15) is 4.57 Å². The Kier molecular flexibility index (Phi) is 3.16. The number of hydrogen-bond acceptors (Lipinski definition) is 0. The Morgan fingerprint density at radius 1 is 1.00 bits per heavy atom. The van der Waals surface area contributed by atoms with Crippen LogP contribution in [0.3, 0.4) is 0 Å². The predicted octanol–water partition coefficient (Wildman–Crippen LogP) is -0.243. The average Bonchev–Trinajstić information content (AvgIpc) is 2.73. The number of halogens is 1. The maximum atomic E-state index is 3.28. The molecule has 0 bridgehead atoms. The molecule has 0 aliphatic carbocycles. The molecular formula is C14H13ClN2. The molecule has 2 aromatic carbocycles. The number of nitrogens with zero attached hydrogens (tertiary/aromatic N) is 1. The van der Waals surface area contributed by atoms with Crippen LogP contribution in [0.25, 0.3) is 16.7 Å². The van der Waals surface area contributed by atoms with E-state index in [0.717, 1.165) is 5.52 Å². The van der Waals surface area contributed by atoms with Gasteiger partial charge in [0.25, 0.3) is 0 Å². The van der Waals surface area contributed by atoms with Crippen molar-refractivity contribution in [2.24, 2.45) is 0 Å². The van der Waals surface area contributed by atoms with Gasteiger partial charge in [0.2, 0.25) is 6.33 Å². The third-order valence-corrected chi connectivity index (χ3v) is 2.80. The van der Waals surface area contributed by atoms with Gasteiger partial charge in [-0.25, -0.2) is 4.98 Å². The van der Waals surface area contributed by atoms with E-state index < -0.39 is 0 Å². The van der Waals surface area contributed by atoms with Crippen molar-refractivity contribution < 1.29 is 17.0 Å². The molecule has 0 radical (unpaired) electrons. The van der Waals surface area contributed by atoms with E-state index in [1.54, 1.807) is 0 Å². The maximum Gasteiger partial charge on any atom is 0.247 e. The van der Waals surface area contributed by atoms with Gasteiger partial charge in [0.1, 0.15) is 5.69 Å². The topological polar surface area (TPSA) is 19.7 Å². The number of imidazole rings is 1. The molecule has 0 aliphatic rings. The molecule has 0 fully saturated rings. The van der Waals surface area contributed by atoms with Gasteiger partial charge in [0.05, 0.1) is 0 Å². The van der Waals surface area contributed by atoms with Crippen LogP contribution in [0.4, 0.5) is 0 Å². The minimum absolute atomic E-state index is 0. The molecule has 1 N–H and O–H groups in total. The minimum Gasteiger partial charge on any atom is -1.00 e. The van der Waals surface area contributed by atoms with Crippen LogP contribution in [0.1, 0.15) is 5.56 Å². The molecule has 0 amide bonds. The summed E-state index contributed by atoms with van der Waals surface area (Å²) in [6, 6.07) is 16.8. The Balaban J connectivity index is 0.00000108. The number of para-hydroxylation sites is 1. The Hall–Kier alpha value is -1.80. The summed E-state index contributed by atoms with van der Waals surface area (Å²) in [7, 11) is 0. The van der Waals surface area contributed by atoms with Crippen molar-refractivity contribution >= 4 is 11.0 Å². The Labute approximate surface area is 106 Å². The minimum atomic E-state index is 0. The number of aromatic nitrogens is 2. The molecule has 3 aromatic rings. The molecule has 3 rings (SSSR count). The van der Waals surface area contributed by atoms with Crippen molar-refractivity contribution in [2.45, 2.75) is 6.92 Å². The van der Waals surface area contributed by atoms with Crippen LogP contribution in [0.5, 0.6) is 0 Å². The van der Waals surface area contributed by atoms with Crippen LogP contribution in [-0.4, -0.2) is 4.98 Å². The lowest BCUT2D eigenvalue weighted by atomic mass is 10.2. The van der Waals surface area contributed by atoms with E-state index in [1.165, 1.54) is 16.8 Å². The van der Waals surface area contributed by atoms with Gasteiger partial charge >= 0.3 is 0 Å². The molecule has 17 heavy (non-hydrogen) atoms. The van der Waals surface area contributed by atoms with Gasteiger partial charge in [0, 0.05) is 0 Å². The summed E-state index contributed by atoms with van der Waals surface area (Å²) in [5.41, 5.74) is 4.83. The zero-order valence-electron chi connectivity index (χ0n) is 9.52. The highest BCUT2D eigenvalue weighted by Crippen LogP contribution is 2.11. The molecule has 3 heteroatoms. The summed E-state index contributed by atoms with van der Waals surface area (Å²) in [5.74, 6) is 0. The predicted molar refractivity (Wildman–Crippen MR) is 64.6 cm³/mol. The summed E-state index contributed by atoms with van der Waals surface area (Å²) in [6.45, 7) is 2.11. The molecule has 86 valence electrons. The summed E-state index contributed by atoms with van der Waals surface area (Å²) < 4.78 is 2.17. The van der Waals surface area contributed by atoms with E-state index in [2.05, 4.69) is 58.9 Å². The first-order valence-electron chi connectivity index (χ1n) is 5.39. The maximum absolute atomic E-state index is 3.28. The van der Waals surface area contributed by atoms with Crippen LogP contribution in [-0.2, 0) is 0 Å². The first-order valence-corrected chi connectivity index (χ1v) is 5.39. The monoisotopic (exact) mass is 244 g/mol. The fourth-order valence-electron chi connectivity index (χ4n) is 1.97. The zero-order valence-corrected chi connectivity index (χ0v) is 10.3. The Bertz CT molecular complexity index is 629. The van der Waals surface area contributed by atoms with E-state index >= 15 is 0 Å². The second kappa shape index (κ2) is 4.60.